The lowest BCUT2D eigenvalue weighted by atomic mass is 10.00. The molecule has 0 fully saturated rings. The van der Waals surface area contributed by atoms with Gasteiger partial charge in [0.15, 0.2) is 0 Å². The van der Waals surface area contributed by atoms with Crippen molar-refractivity contribution >= 4 is 23.2 Å². The highest BCUT2D eigenvalue weighted by molar-refractivity contribution is 7.14. The van der Waals surface area contributed by atoms with Crippen LogP contribution in [0.4, 0.5) is 0 Å². The maximum atomic E-state index is 12.4. The predicted molar refractivity (Wildman–Crippen MR) is 108 cm³/mol. The summed E-state index contributed by atoms with van der Waals surface area (Å²) in [6.45, 7) is 0.984. The van der Waals surface area contributed by atoms with Crippen LogP contribution < -0.4 is 10.6 Å². The largest absolute Gasteiger partial charge is 0.508 e. The second-order valence-electron chi connectivity index (χ2n) is 6.89. The summed E-state index contributed by atoms with van der Waals surface area (Å²) in [5.74, 6) is -0.179. The zero-order chi connectivity index (χ0) is 19.1. The number of aryl methyl sites for hydroxylation is 2. The Hall–Kier alpha value is -2.34. The number of nitrogens with one attached hydrogen (secondary N) is 2. The quantitative estimate of drug-likeness (QED) is 0.663. The van der Waals surface area contributed by atoms with Crippen LogP contribution in [-0.4, -0.2) is 30.0 Å². The number of hydrogen-bond acceptors (Lipinski definition) is 4. The molecule has 0 saturated carbocycles. The molecule has 6 heteroatoms. The number of carbonyl (C=O) groups is 2. The van der Waals surface area contributed by atoms with E-state index < -0.39 is 0 Å². The minimum absolute atomic E-state index is 0.0222. The van der Waals surface area contributed by atoms with Crippen LogP contribution in [0.2, 0.25) is 0 Å². The van der Waals surface area contributed by atoms with Gasteiger partial charge in [-0.05, 0) is 61.9 Å². The summed E-state index contributed by atoms with van der Waals surface area (Å²) in [6, 6.07) is 8.30. The van der Waals surface area contributed by atoms with Gasteiger partial charge in [-0.15, -0.1) is 11.3 Å². The summed E-state index contributed by atoms with van der Waals surface area (Å²) < 4.78 is 0. The summed E-state index contributed by atoms with van der Waals surface area (Å²) >= 11 is 1.63. The van der Waals surface area contributed by atoms with E-state index in [0.717, 1.165) is 17.7 Å². The van der Waals surface area contributed by atoms with Crippen molar-refractivity contribution in [2.45, 2.75) is 44.9 Å². The Morgan fingerprint density at radius 1 is 0.963 bits per heavy atom. The summed E-state index contributed by atoms with van der Waals surface area (Å²) in [7, 11) is 0. The zero-order valence-corrected chi connectivity index (χ0v) is 16.2. The Kier molecular flexibility index (Phi) is 6.87. The summed E-state index contributed by atoms with van der Waals surface area (Å²) in [5.41, 5.74) is 1.78. The van der Waals surface area contributed by atoms with Gasteiger partial charge in [0.1, 0.15) is 5.75 Å². The van der Waals surface area contributed by atoms with E-state index in [1.807, 2.05) is 0 Å². The molecular formula is C21H26N2O3S. The highest BCUT2D eigenvalue weighted by Gasteiger charge is 2.15. The maximum Gasteiger partial charge on any atom is 0.261 e. The third-order valence-electron chi connectivity index (χ3n) is 4.75. The minimum atomic E-state index is -0.227. The van der Waals surface area contributed by atoms with Crippen molar-refractivity contribution in [1.82, 2.24) is 10.6 Å². The van der Waals surface area contributed by atoms with Crippen molar-refractivity contribution in [3.05, 3.63) is 51.2 Å². The molecule has 1 aliphatic carbocycles. The number of carbonyl (C=O) groups excluding carboxylic acids is 2. The number of rotatable bonds is 6. The Morgan fingerprint density at radius 2 is 1.70 bits per heavy atom. The van der Waals surface area contributed by atoms with E-state index in [4.69, 9.17) is 0 Å². The first kappa shape index (κ1) is 19.4. The topological polar surface area (TPSA) is 78.4 Å². The fourth-order valence-electron chi connectivity index (χ4n) is 3.28. The average Bonchev–Trinajstić information content (AvgIpc) is 3.03. The molecule has 3 N–H and O–H groups in total. The summed E-state index contributed by atoms with van der Waals surface area (Å²) in [6.07, 6.45) is 7.82. The molecule has 1 aliphatic rings. The number of aromatic hydroxyl groups is 1. The molecule has 0 aliphatic heterocycles. The molecule has 1 heterocycles. The van der Waals surface area contributed by atoms with E-state index in [9.17, 15) is 14.7 Å². The molecule has 144 valence electrons. The SMILES string of the molecule is O=C(NCCCNC(=O)c1cc2c(s1)CCCCCC2)c1cccc(O)c1. The van der Waals surface area contributed by atoms with Gasteiger partial charge < -0.3 is 15.7 Å². The number of phenolic OH excluding ortho intramolecular Hbond substituents is 1. The van der Waals surface area contributed by atoms with Gasteiger partial charge in [-0.2, -0.15) is 0 Å². The van der Waals surface area contributed by atoms with Crippen LogP contribution in [-0.2, 0) is 12.8 Å². The van der Waals surface area contributed by atoms with Crippen molar-refractivity contribution in [2.24, 2.45) is 0 Å². The number of hydrogen-bond donors (Lipinski definition) is 3. The fraction of sp³-hybridized carbons (Fsp3) is 0.429. The van der Waals surface area contributed by atoms with Crippen LogP contribution >= 0.6 is 11.3 Å². The van der Waals surface area contributed by atoms with Crippen molar-refractivity contribution in [3.8, 4) is 5.75 Å². The van der Waals surface area contributed by atoms with Crippen molar-refractivity contribution in [1.29, 1.82) is 0 Å². The van der Waals surface area contributed by atoms with E-state index in [1.54, 1.807) is 23.5 Å². The van der Waals surface area contributed by atoms with E-state index >= 15 is 0 Å². The Balaban J connectivity index is 1.41. The molecule has 0 radical (unpaired) electrons. The van der Waals surface area contributed by atoms with Gasteiger partial charge in [0.2, 0.25) is 0 Å². The highest BCUT2D eigenvalue weighted by atomic mass is 32.1. The molecule has 1 aromatic heterocycles. The summed E-state index contributed by atoms with van der Waals surface area (Å²) in [4.78, 5) is 26.5. The normalized spacial score (nSPS) is 13.9. The second kappa shape index (κ2) is 9.55. The maximum absolute atomic E-state index is 12.4. The standard InChI is InChI=1S/C21H26N2O3S/c24-17-9-5-8-16(13-17)20(25)22-11-6-12-23-21(26)19-14-15-7-3-1-2-4-10-18(15)27-19/h5,8-9,13-14,24H,1-4,6-7,10-12H2,(H,22,25)(H,23,26). The molecule has 1 aromatic carbocycles. The molecule has 0 unspecified atom stereocenters. The van der Waals surface area contributed by atoms with Crippen LogP contribution in [0, 0.1) is 0 Å². The van der Waals surface area contributed by atoms with E-state index in [-0.39, 0.29) is 17.6 Å². The third kappa shape index (κ3) is 5.57. The summed E-state index contributed by atoms with van der Waals surface area (Å²) in [5, 5.41) is 15.1. The number of benzene rings is 1. The van der Waals surface area contributed by atoms with Gasteiger partial charge in [0, 0.05) is 23.5 Å². The predicted octanol–water partition coefficient (Wildman–Crippen LogP) is 3.66. The Labute approximate surface area is 163 Å². The number of fused-ring (bicyclic) bond motifs is 1. The molecule has 27 heavy (non-hydrogen) atoms. The van der Waals surface area contributed by atoms with Crippen molar-refractivity contribution in [2.75, 3.05) is 13.1 Å². The molecule has 0 bridgehead atoms. The molecule has 5 nitrogen and oxygen atoms in total. The van der Waals surface area contributed by atoms with Gasteiger partial charge in [0.25, 0.3) is 11.8 Å². The lowest BCUT2D eigenvalue weighted by Crippen LogP contribution is -2.29. The van der Waals surface area contributed by atoms with Gasteiger partial charge in [-0.3, -0.25) is 9.59 Å². The highest BCUT2D eigenvalue weighted by Crippen LogP contribution is 2.28. The van der Waals surface area contributed by atoms with Crippen LogP contribution in [0.5, 0.6) is 5.75 Å². The Bertz CT molecular complexity index is 775. The molecule has 0 saturated heterocycles. The molecular weight excluding hydrogens is 360 g/mol. The lowest BCUT2D eigenvalue weighted by Gasteiger charge is -2.07. The zero-order valence-electron chi connectivity index (χ0n) is 15.4. The molecule has 0 spiro atoms. The van der Waals surface area contributed by atoms with Gasteiger partial charge >= 0.3 is 0 Å². The molecule has 0 atom stereocenters. The van der Waals surface area contributed by atoms with E-state index in [1.165, 1.54) is 48.3 Å². The smallest absolute Gasteiger partial charge is 0.261 e. The number of thiophene rings is 1. The third-order valence-corrected chi connectivity index (χ3v) is 5.99. The number of amides is 2. The second-order valence-corrected chi connectivity index (χ2v) is 8.03. The van der Waals surface area contributed by atoms with Gasteiger partial charge in [-0.25, -0.2) is 0 Å². The van der Waals surface area contributed by atoms with Crippen LogP contribution in [0.3, 0.4) is 0 Å². The average molecular weight is 387 g/mol. The Morgan fingerprint density at radius 3 is 2.48 bits per heavy atom. The van der Waals surface area contributed by atoms with Crippen LogP contribution in [0.15, 0.2) is 30.3 Å². The van der Waals surface area contributed by atoms with E-state index in [0.29, 0.717) is 25.1 Å². The molecule has 2 amide bonds. The van der Waals surface area contributed by atoms with Crippen LogP contribution in [0.25, 0.3) is 0 Å². The van der Waals surface area contributed by atoms with Gasteiger partial charge in [-0.1, -0.05) is 18.9 Å². The first-order chi connectivity index (χ1) is 13.1. The monoisotopic (exact) mass is 386 g/mol. The lowest BCUT2D eigenvalue weighted by molar-refractivity contribution is 0.0952. The van der Waals surface area contributed by atoms with Gasteiger partial charge in [0.05, 0.1) is 4.88 Å². The first-order valence-electron chi connectivity index (χ1n) is 9.60. The molecule has 3 rings (SSSR count). The van der Waals surface area contributed by atoms with Crippen LogP contribution in [0.1, 0.15) is 62.6 Å². The molecule has 2 aromatic rings. The fourth-order valence-corrected chi connectivity index (χ4v) is 4.45. The number of phenols is 1. The first-order valence-corrected chi connectivity index (χ1v) is 10.4. The minimum Gasteiger partial charge on any atom is -0.508 e. The van der Waals surface area contributed by atoms with Crippen molar-refractivity contribution in [3.63, 3.8) is 0 Å². The van der Waals surface area contributed by atoms with Crippen molar-refractivity contribution < 1.29 is 14.7 Å². The van der Waals surface area contributed by atoms with E-state index in [2.05, 4.69) is 16.7 Å².